The smallest absolute Gasteiger partial charge is 0.220 e. The Morgan fingerprint density at radius 3 is 2.51 bits per heavy atom. The fraction of sp³-hybridized carbons (Fsp3) is 0.286. The van der Waals surface area contributed by atoms with Gasteiger partial charge in [0.05, 0.1) is 46.1 Å². The summed E-state index contributed by atoms with van der Waals surface area (Å²) in [7, 11) is 2.11. The van der Waals surface area contributed by atoms with Crippen molar-refractivity contribution in [2.45, 2.75) is 62.8 Å². The van der Waals surface area contributed by atoms with Crippen molar-refractivity contribution in [1.82, 2.24) is 15.6 Å². The number of anilines is 2. The zero-order chi connectivity index (χ0) is 46.2. The molecule has 0 spiro atoms. The number of allylic oxidation sites excluding steroid dienone is 6. The van der Waals surface area contributed by atoms with Crippen LogP contribution in [-0.4, -0.2) is 63.1 Å². The van der Waals surface area contributed by atoms with E-state index in [0.717, 1.165) is 72.1 Å². The Hall–Kier alpha value is -6.11. The number of thiazole rings is 1. The molecule has 0 fully saturated rings. The Balaban J connectivity index is 0.717. The van der Waals surface area contributed by atoms with Gasteiger partial charge in [0.1, 0.15) is 5.01 Å². The first-order chi connectivity index (χ1) is 33.0. The quantitative estimate of drug-likeness (QED) is 0.0485. The number of aromatic nitrogens is 2. The van der Waals surface area contributed by atoms with Gasteiger partial charge in [0.15, 0.2) is 6.20 Å². The van der Waals surface area contributed by atoms with E-state index in [0.29, 0.717) is 32.7 Å². The van der Waals surface area contributed by atoms with Crippen LogP contribution in [0.1, 0.15) is 74.0 Å². The van der Waals surface area contributed by atoms with E-state index < -0.39 is 0 Å². The maximum absolute atomic E-state index is 13.8. The second-order valence-corrected chi connectivity index (χ2v) is 18.9. The molecular formula is C56H61N6O3S2+. The molecule has 0 saturated heterocycles. The topological polar surface area (TPSA) is 90.7 Å². The molecule has 2 aliphatic rings. The number of nitrogens with one attached hydrogen (secondary N) is 2. The van der Waals surface area contributed by atoms with Gasteiger partial charge in [-0.1, -0.05) is 110 Å². The number of carbonyl (C=O) groups excluding carboxylic acids is 2. The minimum Gasteiger partial charge on any atom is -0.378 e. The fourth-order valence-corrected chi connectivity index (χ4v) is 10.5. The highest BCUT2D eigenvalue weighted by Gasteiger charge is 2.29. The lowest BCUT2D eigenvalue weighted by molar-refractivity contribution is -0.684. The summed E-state index contributed by atoms with van der Waals surface area (Å²) in [6, 6.07) is 35.4. The minimum atomic E-state index is -0.269. The molecule has 1 atom stereocenters. The summed E-state index contributed by atoms with van der Waals surface area (Å²) in [5.41, 5.74) is 8.01. The number of Topliss-reactive ketones (excluding diaryl/α,β-unsaturated/α-hetero) is 1. The van der Waals surface area contributed by atoms with Crippen molar-refractivity contribution < 1.29 is 18.9 Å². The monoisotopic (exact) mass is 929 g/mol. The normalized spacial score (nSPS) is 15.1. The van der Waals surface area contributed by atoms with Crippen LogP contribution >= 0.6 is 23.1 Å². The molecule has 2 aliphatic heterocycles. The third-order valence-corrected chi connectivity index (χ3v) is 14.3. The Morgan fingerprint density at radius 2 is 1.63 bits per heavy atom. The summed E-state index contributed by atoms with van der Waals surface area (Å²) in [6.45, 7) is 5.24. The largest absolute Gasteiger partial charge is 0.378 e. The number of thioether (sulfide) groups is 1. The molecule has 0 aliphatic carbocycles. The molecule has 67 heavy (non-hydrogen) atoms. The number of pyridine rings is 1. The van der Waals surface area contributed by atoms with Gasteiger partial charge in [-0.15, -0.1) is 11.3 Å². The number of nitrogens with zero attached hydrogens (tertiary/aromatic N) is 4. The maximum atomic E-state index is 13.8. The van der Waals surface area contributed by atoms with E-state index in [1.807, 2.05) is 24.3 Å². The van der Waals surface area contributed by atoms with Crippen LogP contribution in [0.2, 0.25) is 0 Å². The lowest BCUT2D eigenvalue weighted by atomic mass is 9.99. The summed E-state index contributed by atoms with van der Waals surface area (Å²) in [5, 5.41) is 9.61. The second kappa shape index (κ2) is 24.1. The van der Waals surface area contributed by atoms with Crippen molar-refractivity contribution in [1.29, 1.82) is 0 Å². The summed E-state index contributed by atoms with van der Waals surface area (Å²) in [6.07, 6.45) is 25.2. The van der Waals surface area contributed by atoms with Crippen LogP contribution in [-0.2, 0) is 14.3 Å². The number of fused-ring (bicyclic) bond motifs is 4. The molecule has 4 aromatic carbocycles. The molecule has 9 nitrogen and oxygen atoms in total. The Morgan fingerprint density at radius 1 is 0.836 bits per heavy atom. The lowest BCUT2D eigenvalue weighted by Crippen LogP contribution is -2.47. The number of hydrogen-bond acceptors (Lipinski definition) is 9. The van der Waals surface area contributed by atoms with E-state index >= 15 is 0 Å². The van der Waals surface area contributed by atoms with Crippen LogP contribution in [0.3, 0.4) is 0 Å². The standard InChI is InChI=1S/C56H60N6O3S2/c1-3-4-23-49(62-38-33-43(45-21-8-11-25-48(45)62)19-17-31-56-60(2)50-26-12-14-28-53(50)67-56)51(63)41-57-34-39-65-40-35-58-54(64)29-6-5-15-36-61-37-32-42(44-20-7-10-24-47(44)61)18-16-30-55-59-46-22-9-13-27-52(46)66-55/h7-14,16-22,24-28,30-33,37-38,49,57H,3-6,15,23,29,34-36,39-41H2,1-2H3/p+1. The number of rotatable bonds is 23. The number of amides is 1. The molecule has 2 N–H and O–H groups in total. The van der Waals surface area contributed by atoms with Crippen molar-refractivity contribution in [3.05, 3.63) is 167 Å². The first-order valence-electron chi connectivity index (χ1n) is 23.6. The molecule has 0 bridgehead atoms. The van der Waals surface area contributed by atoms with Gasteiger partial charge in [-0.25, -0.2) is 4.98 Å². The van der Waals surface area contributed by atoms with Crippen molar-refractivity contribution in [3.63, 3.8) is 0 Å². The van der Waals surface area contributed by atoms with Crippen LogP contribution in [0, 0.1) is 0 Å². The van der Waals surface area contributed by atoms with E-state index in [-0.39, 0.29) is 24.3 Å². The summed E-state index contributed by atoms with van der Waals surface area (Å²) in [5.74, 6) is 0.213. The molecule has 0 radical (unpaired) electrons. The van der Waals surface area contributed by atoms with Crippen molar-refractivity contribution in [2.75, 3.05) is 56.2 Å². The Kier molecular flexibility index (Phi) is 17.0. The summed E-state index contributed by atoms with van der Waals surface area (Å²) in [4.78, 5) is 36.9. The zero-order valence-electron chi connectivity index (χ0n) is 38.6. The number of hydrogen-bond donors (Lipinski definition) is 2. The minimum absolute atomic E-state index is 0.0519. The van der Waals surface area contributed by atoms with Gasteiger partial charge in [0.2, 0.25) is 23.2 Å². The van der Waals surface area contributed by atoms with E-state index in [2.05, 4.69) is 173 Å². The zero-order valence-corrected chi connectivity index (χ0v) is 40.2. The number of unbranched alkanes of at least 4 members (excludes halogenated alkanes) is 3. The molecule has 2 aromatic heterocycles. The number of carbonyl (C=O) groups is 2. The molecule has 4 heterocycles. The third-order valence-electron chi connectivity index (χ3n) is 12.1. The molecule has 344 valence electrons. The molecule has 6 aromatic rings. The molecule has 1 amide bonds. The van der Waals surface area contributed by atoms with Gasteiger partial charge in [-0.2, -0.15) is 4.57 Å². The van der Waals surface area contributed by atoms with Crippen molar-refractivity contribution in [3.8, 4) is 0 Å². The van der Waals surface area contributed by atoms with Gasteiger partial charge >= 0.3 is 0 Å². The summed E-state index contributed by atoms with van der Waals surface area (Å²) < 4.78 is 9.16. The van der Waals surface area contributed by atoms with Crippen LogP contribution in [0.15, 0.2) is 156 Å². The van der Waals surface area contributed by atoms with E-state index in [1.54, 1.807) is 23.1 Å². The first-order valence-corrected chi connectivity index (χ1v) is 25.3. The molecule has 11 heteroatoms. The Labute approximate surface area is 403 Å². The number of ether oxygens (including phenoxy) is 1. The van der Waals surface area contributed by atoms with E-state index in [9.17, 15) is 9.59 Å². The lowest BCUT2D eigenvalue weighted by Gasteiger charge is -2.27. The van der Waals surface area contributed by atoms with Crippen LogP contribution in [0.25, 0.3) is 38.8 Å². The maximum Gasteiger partial charge on any atom is 0.220 e. The van der Waals surface area contributed by atoms with E-state index in [1.165, 1.54) is 37.1 Å². The van der Waals surface area contributed by atoms with Crippen LogP contribution < -0.4 is 25.0 Å². The number of benzene rings is 4. The van der Waals surface area contributed by atoms with Crippen LogP contribution in [0.5, 0.6) is 0 Å². The molecular weight excluding hydrogens is 869 g/mol. The SMILES string of the molecule is CCCCC(C(=O)CNCCOCCNC(=O)CCCCCN1C=CC(=CC=Cc2nc3ccccc3s2)c2ccccc21)[n+]1ccc(C=CC=C2Sc3ccccc3N2C)c2ccccc21. The van der Waals surface area contributed by atoms with Gasteiger partial charge in [0, 0.05) is 74.0 Å². The average Bonchev–Trinajstić information content (AvgIpc) is 3.92. The average molecular weight is 930 g/mol. The van der Waals surface area contributed by atoms with Gasteiger partial charge in [0.25, 0.3) is 0 Å². The first kappa shape index (κ1) is 47.4. The Bertz CT molecular complexity index is 2780. The van der Waals surface area contributed by atoms with Gasteiger partial charge in [-0.05, 0) is 85.0 Å². The van der Waals surface area contributed by atoms with Crippen molar-refractivity contribution >= 4 is 85.0 Å². The highest BCUT2D eigenvalue weighted by Crippen LogP contribution is 2.44. The molecule has 8 rings (SSSR count). The van der Waals surface area contributed by atoms with Gasteiger partial charge < -0.3 is 25.2 Å². The molecule has 0 saturated carbocycles. The van der Waals surface area contributed by atoms with Crippen molar-refractivity contribution in [2.24, 2.45) is 0 Å². The third kappa shape index (κ3) is 12.5. The predicted octanol–water partition coefficient (Wildman–Crippen LogP) is 11.5. The van der Waals surface area contributed by atoms with E-state index in [4.69, 9.17) is 9.72 Å². The van der Waals surface area contributed by atoms with Gasteiger partial charge in [-0.3, -0.25) is 9.59 Å². The number of para-hydroxylation sites is 4. The summed E-state index contributed by atoms with van der Waals surface area (Å²) >= 11 is 3.48. The molecule has 1 unspecified atom stereocenters. The van der Waals surface area contributed by atoms with Crippen LogP contribution in [0.4, 0.5) is 11.4 Å². The fourth-order valence-electron chi connectivity index (χ4n) is 8.56. The highest BCUT2D eigenvalue weighted by atomic mass is 32.2. The highest BCUT2D eigenvalue weighted by molar-refractivity contribution is 8.03. The number of ketones is 1. The second-order valence-electron chi connectivity index (χ2n) is 16.8. The predicted molar refractivity (Wildman–Crippen MR) is 280 cm³/mol.